The Morgan fingerprint density at radius 1 is 1.07 bits per heavy atom. The number of hydrogen-bond acceptors (Lipinski definition) is 7. The van der Waals surface area contributed by atoms with Crippen molar-refractivity contribution >= 4 is 10.9 Å². The van der Waals surface area contributed by atoms with Gasteiger partial charge in [-0.05, 0) is 53.2 Å². The van der Waals surface area contributed by atoms with E-state index in [0.717, 1.165) is 39.2 Å². The van der Waals surface area contributed by atoms with Gasteiger partial charge in [0.25, 0.3) is 0 Å². The third kappa shape index (κ3) is 2.45. The average molecular weight is 361 g/mol. The van der Waals surface area contributed by atoms with E-state index in [2.05, 4.69) is 20.5 Å². The summed E-state index contributed by atoms with van der Waals surface area (Å²) >= 11 is 0. The van der Waals surface area contributed by atoms with Gasteiger partial charge in [0.1, 0.15) is 5.75 Å². The van der Waals surface area contributed by atoms with Crippen LogP contribution in [0.1, 0.15) is 5.56 Å². The third-order valence-corrected chi connectivity index (χ3v) is 4.66. The topological polar surface area (TPSA) is 84.2 Å². The summed E-state index contributed by atoms with van der Waals surface area (Å²) in [5.74, 6) is 2.82. The van der Waals surface area contributed by atoms with Crippen LogP contribution in [-0.4, -0.2) is 39.1 Å². The zero-order valence-electron chi connectivity index (χ0n) is 14.7. The summed E-state index contributed by atoms with van der Waals surface area (Å²) in [4.78, 5) is 4.57. The van der Waals surface area contributed by atoms with Crippen LogP contribution < -0.4 is 14.2 Å². The van der Waals surface area contributed by atoms with Gasteiger partial charge in [-0.1, -0.05) is 0 Å². The monoisotopic (exact) mass is 361 g/mol. The molecule has 3 heterocycles. The molecule has 134 valence electrons. The van der Waals surface area contributed by atoms with Crippen molar-refractivity contribution in [1.29, 1.82) is 0 Å². The van der Waals surface area contributed by atoms with Gasteiger partial charge in [-0.15, -0.1) is 5.10 Å². The zero-order chi connectivity index (χ0) is 18.4. The largest absolute Gasteiger partial charge is 0.497 e. The molecule has 8 heteroatoms. The molecular formula is C19H15N5O3. The number of aryl methyl sites for hydroxylation is 1. The minimum Gasteiger partial charge on any atom is -0.497 e. The summed E-state index contributed by atoms with van der Waals surface area (Å²) < 4.78 is 17.8. The van der Waals surface area contributed by atoms with E-state index >= 15 is 0 Å². The van der Waals surface area contributed by atoms with E-state index in [9.17, 15) is 0 Å². The summed E-state index contributed by atoms with van der Waals surface area (Å²) in [5, 5.41) is 13.2. The number of aromatic nitrogens is 5. The lowest BCUT2D eigenvalue weighted by Crippen LogP contribution is -2.01. The van der Waals surface area contributed by atoms with E-state index < -0.39 is 0 Å². The molecule has 8 nitrogen and oxygen atoms in total. The first-order valence-corrected chi connectivity index (χ1v) is 8.37. The van der Waals surface area contributed by atoms with Crippen LogP contribution in [0, 0.1) is 6.92 Å². The number of methoxy groups -OCH3 is 1. The maximum absolute atomic E-state index is 5.50. The summed E-state index contributed by atoms with van der Waals surface area (Å²) in [5.41, 5.74) is 3.54. The highest BCUT2D eigenvalue weighted by Crippen LogP contribution is 2.38. The SMILES string of the molecule is COc1ccc(-n2nnnc2-c2cnc3cc4c(cc3c2C)OCO4)cc1. The molecule has 0 saturated carbocycles. The second-order valence-electron chi connectivity index (χ2n) is 6.13. The molecule has 2 aromatic carbocycles. The fraction of sp³-hybridized carbons (Fsp3) is 0.158. The molecular weight excluding hydrogens is 346 g/mol. The van der Waals surface area contributed by atoms with Gasteiger partial charge in [-0.2, -0.15) is 4.68 Å². The van der Waals surface area contributed by atoms with Crippen molar-refractivity contribution in [2.24, 2.45) is 0 Å². The molecule has 0 N–H and O–H groups in total. The van der Waals surface area contributed by atoms with Gasteiger partial charge in [-0.25, -0.2) is 0 Å². The molecule has 4 aromatic rings. The number of pyridine rings is 1. The Hall–Kier alpha value is -3.68. The molecule has 0 bridgehead atoms. The molecule has 27 heavy (non-hydrogen) atoms. The Bertz CT molecular complexity index is 1150. The molecule has 0 aliphatic carbocycles. The second kappa shape index (κ2) is 5.94. The van der Waals surface area contributed by atoms with Crippen LogP contribution in [0.25, 0.3) is 28.0 Å². The molecule has 0 spiro atoms. The smallest absolute Gasteiger partial charge is 0.231 e. The molecule has 0 radical (unpaired) electrons. The maximum Gasteiger partial charge on any atom is 0.231 e. The van der Waals surface area contributed by atoms with Crippen molar-refractivity contribution in [2.45, 2.75) is 6.92 Å². The van der Waals surface area contributed by atoms with Gasteiger partial charge in [0.05, 0.1) is 18.3 Å². The maximum atomic E-state index is 5.50. The number of rotatable bonds is 3. The Morgan fingerprint density at radius 2 is 1.85 bits per heavy atom. The van der Waals surface area contributed by atoms with Gasteiger partial charge in [0.15, 0.2) is 17.3 Å². The van der Waals surface area contributed by atoms with E-state index in [4.69, 9.17) is 14.2 Å². The van der Waals surface area contributed by atoms with Crippen molar-refractivity contribution in [3.05, 3.63) is 48.2 Å². The summed E-state index contributed by atoms with van der Waals surface area (Å²) in [7, 11) is 1.63. The molecule has 0 unspecified atom stereocenters. The van der Waals surface area contributed by atoms with Crippen LogP contribution in [0.5, 0.6) is 17.2 Å². The molecule has 5 rings (SSSR count). The van der Waals surface area contributed by atoms with E-state index in [0.29, 0.717) is 11.6 Å². The Labute approximate surface area is 154 Å². The van der Waals surface area contributed by atoms with Crippen LogP contribution in [-0.2, 0) is 0 Å². The van der Waals surface area contributed by atoms with Crippen molar-refractivity contribution in [3.63, 3.8) is 0 Å². The molecule has 0 fully saturated rings. The fourth-order valence-corrected chi connectivity index (χ4v) is 3.19. The molecule has 2 aromatic heterocycles. The predicted molar refractivity (Wildman–Crippen MR) is 97.3 cm³/mol. The summed E-state index contributed by atoms with van der Waals surface area (Å²) in [6.07, 6.45) is 1.78. The second-order valence-corrected chi connectivity index (χ2v) is 6.13. The van der Waals surface area contributed by atoms with Crippen molar-refractivity contribution in [1.82, 2.24) is 25.2 Å². The standard InChI is InChI=1S/C19H15N5O3/c1-11-14-7-17-18(27-10-26-17)8-16(14)20-9-15(11)19-21-22-23-24(19)12-3-5-13(25-2)6-4-12/h3-9H,10H2,1-2H3. The van der Waals surface area contributed by atoms with Crippen LogP contribution in [0.3, 0.4) is 0 Å². The minimum atomic E-state index is 0.229. The van der Waals surface area contributed by atoms with Crippen molar-refractivity contribution in [3.8, 4) is 34.3 Å². The zero-order valence-corrected chi connectivity index (χ0v) is 14.7. The Kier molecular flexibility index (Phi) is 3.43. The van der Waals surface area contributed by atoms with Gasteiger partial charge in [-0.3, -0.25) is 4.98 Å². The summed E-state index contributed by atoms with van der Waals surface area (Å²) in [6, 6.07) is 11.4. The summed E-state index contributed by atoms with van der Waals surface area (Å²) in [6.45, 7) is 2.25. The van der Waals surface area contributed by atoms with Gasteiger partial charge in [0.2, 0.25) is 6.79 Å². The number of ether oxygens (including phenoxy) is 3. The Balaban J connectivity index is 1.65. The first kappa shape index (κ1) is 15.6. The average Bonchev–Trinajstić information content (AvgIpc) is 3.36. The number of tetrazole rings is 1. The molecule has 1 aliphatic heterocycles. The van der Waals surface area contributed by atoms with Crippen LogP contribution >= 0.6 is 0 Å². The molecule has 0 amide bonds. The molecule has 0 saturated heterocycles. The number of nitrogens with zero attached hydrogens (tertiary/aromatic N) is 5. The predicted octanol–water partition coefficient (Wildman–Crippen LogP) is 2.92. The van der Waals surface area contributed by atoms with Gasteiger partial charge >= 0.3 is 0 Å². The molecule has 0 atom stereocenters. The first-order chi connectivity index (χ1) is 13.2. The van der Waals surface area contributed by atoms with E-state index in [1.165, 1.54) is 0 Å². The Morgan fingerprint density at radius 3 is 2.63 bits per heavy atom. The third-order valence-electron chi connectivity index (χ3n) is 4.66. The molecule has 1 aliphatic rings. The fourth-order valence-electron chi connectivity index (χ4n) is 3.19. The van der Waals surface area contributed by atoms with Crippen molar-refractivity contribution < 1.29 is 14.2 Å². The number of fused-ring (bicyclic) bond motifs is 2. The number of hydrogen-bond donors (Lipinski definition) is 0. The lowest BCUT2D eigenvalue weighted by atomic mass is 10.0. The highest BCUT2D eigenvalue weighted by Gasteiger charge is 2.19. The quantitative estimate of drug-likeness (QED) is 0.555. The van der Waals surface area contributed by atoms with Crippen LogP contribution in [0.4, 0.5) is 0 Å². The van der Waals surface area contributed by atoms with Gasteiger partial charge in [0, 0.05) is 23.2 Å². The first-order valence-electron chi connectivity index (χ1n) is 8.37. The van der Waals surface area contributed by atoms with E-state index in [-0.39, 0.29) is 6.79 Å². The number of benzene rings is 2. The minimum absolute atomic E-state index is 0.229. The van der Waals surface area contributed by atoms with Crippen LogP contribution in [0.2, 0.25) is 0 Å². The van der Waals surface area contributed by atoms with Gasteiger partial charge < -0.3 is 14.2 Å². The highest BCUT2D eigenvalue weighted by atomic mass is 16.7. The van der Waals surface area contributed by atoms with Crippen molar-refractivity contribution in [2.75, 3.05) is 13.9 Å². The van der Waals surface area contributed by atoms with Crippen LogP contribution in [0.15, 0.2) is 42.6 Å². The lowest BCUT2D eigenvalue weighted by molar-refractivity contribution is 0.174. The van der Waals surface area contributed by atoms with E-state index in [1.54, 1.807) is 18.0 Å². The highest BCUT2D eigenvalue weighted by molar-refractivity contribution is 5.90. The lowest BCUT2D eigenvalue weighted by Gasteiger charge is -2.10. The normalized spacial score (nSPS) is 12.5. The van der Waals surface area contributed by atoms with E-state index in [1.807, 2.05) is 43.3 Å².